The van der Waals surface area contributed by atoms with Crippen molar-refractivity contribution < 1.29 is 13.2 Å². The van der Waals surface area contributed by atoms with Crippen molar-refractivity contribution in [2.45, 2.75) is 18.5 Å². The lowest BCUT2D eigenvalue weighted by Gasteiger charge is -2.06. The van der Waals surface area contributed by atoms with E-state index in [-0.39, 0.29) is 17.4 Å². The van der Waals surface area contributed by atoms with Gasteiger partial charge in [-0.05, 0) is 18.4 Å². The topological polar surface area (TPSA) is 51.8 Å². The van der Waals surface area contributed by atoms with Gasteiger partial charge in [-0.1, -0.05) is 11.6 Å². The highest BCUT2D eigenvalue weighted by molar-refractivity contribution is 6.29. The Hall–Kier alpha value is -1.04. The van der Waals surface area contributed by atoms with Crippen LogP contribution in [-0.2, 0) is 0 Å². The maximum absolute atomic E-state index is 12.3. The number of anilines is 1. The number of hydrogen-bond donors (Lipinski definition) is 1. The van der Waals surface area contributed by atoms with Crippen LogP contribution in [0.3, 0.4) is 0 Å². The van der Waals surface area contributed by atoms with Crippen LogP contribution < -0.4 is 5.73 Å². The summed E-state index contributed by atoms with van der Waals surface area (Å²) in [4.78, 5) is 0. The minimum Gasteiger partial charge on any atom is -0.382 e. The van der Waals surface area contributed by atoms with Gasteiger partial charge in [-0.2, -0.15) is 13.2 Å². The van der Waals surface area contributed by atoms with Crippen LogP contribution in [0.1, 0.15) is 17.9 Å². The van der Waals surface area contributed by atoms with Crippen LogP contribution >= 0.6 is 11.6 Å². The number of hydrogen-bond acceptors (Lipinski definition) is 3. The summed E-state index contributed by atoms with van der Waals surface area (Å²) in [6.07, 6.45) is -4.12. The lowest BCUT2D eigenvalue weighted by Crippen LogP contribution is -2.12. The van der Waals surface area contributed by atoms with E-state index in [1.165, 1.54) is 6.07 Å². The number of aromatic nitrogens is 2. The van der Waals surface area contributed by atoms with Gasteiger partial charge in [-0.15, -0.1) is 10.2 Å². The molecule has 1 fully saturated rings. The Labute approximate surface area is 88.4 Å². The molecular weight excluding hydrogens is 231 g/mol. The lowest BCUT2D eigenvalue weighted by atomic mass is 10.1. The first-order chi connectivity index (χ1) is 6.89. The normalized spacial score (nSPS) is 25.3. The van der Waals surface area contributed by atoms with Crippen LogP contribution in [0, 0.1) is 5.92 Å². The van der Waals surface area contributed by atoms with E-state index in [0.29, 0.717) is 5.56 Å². The van der Waals surface area contributed by atoms with Crippen LogP contribution in [0.25, 0.3) is 0 Å². The molecule has 1 aromatic rings. The van der Waals surface area contributed by atoms with Gasteiger partial charge >= 0.3 is 6.18 Å². The highest BCUT2D eigenvalue weighted by Crippen LogP contribution is 2.57. The summed E-state index contributed by atoms with van der Waals surface area (Å²) in [7, 11) is 0. The van der Waals surface area contributed by atoms with Crippen molar-refractivity contribution in [3.8, 4) is 0 Å². The third-order valence-electron chi connectivity index (χ3n) is 2.43. The Balaban J connectivity index is 2.23. The van der Waals surface area contributed by atoms with Crippen LogP contribution in [-0.4, -0.2) is 16.4 Å². The second-order valence-electron chi connectivity index (χ2n) is 3.50. The van der Waals surface area contributed by atoms with E-state index in [9.17, 15) is 13.2 Å². The number of nitrogens with zero attached hydrogens (tertiary/aromatic N) is 2. The van der Waals surface area contributed by atoms with Crippen molar-refractivity contribution in [2.75, 3.05) is 5.73 Å². The molecule has 1 saturated carbocycles. The minimum atomic E-state index is -4.17. The van der Waals surface area contributed by atoms with Crippen molar-refractivity contribution in [1.82, 2.24) is 10.2 Å². The molecule has 2 atom stereocenters. The van der Waals surface area contributed by atoms with E-state index in [1.807, 2.05) is 0 Å². The van der Waals surface area contributed by atoms with Crippen LogP contribution in [0.2, 0.25) is 5.15 Å². The first-order valence-electron chi connectivity index (χ1n) is 4.25. The van der Waals surface area contributed by atoms with Gasteiger partial charge in [0.2, 0.25) is 0 Å². The Morgan fingerprint density at radius 2 is 2.07 bits per heavy atom. The van der Waals surface area contributed by atoms with E-state index in [0.717, 1.165) is 0 Å². The fraction of sp³-hybridized carbons (Fsp3) is 0.500. The Morgan fingerprint density at radius 1 is 1.40 bits per heavy atom. The summed E-state index contributed by atoms with van der Waals surface area (Å²) in [5, 5.41) is 6.99. The Kier molecular flexibility index (Phi) is 2.26. The predicted molar refractivity (Wildman–Crippen MR) is 48.4 cm³/mol. The molecule has 0 spiro atoms. The van der Waals surface area contributed by atoms with Gasteiger partial charge in [0.1, 0.15) is 5.82 Å². The molecule has 0 bridgehead atoms. The quantitative estimate of drug-likeness (QED) is 0.816. The number of nitrogen functional groups attached to an aromatic ring is 1. The molecule has 0 saturated heterocycles. The van der Waals surface area contributed by atoms with Gasteiger partial charge < -0.3 is 5.73 Å². The van der Waals surface area contributed by atoms with E-state index in [1.54, 1.807) is 0 Å². The molecule has 0 unspecified atom stereocenters. The largest absolute Gasteiger partial charge is 0.392 e. The summed E-state index contributed by atoms with van der Waals surface area (Å²) < 4.78 is 36.9. The maximum Gasteiger partial charge on any atom is 0.392 e. The number of halogens is 4. The zero-order valence-electron chi connectivity index (χ0n) is 7.42. The van der Waals surface area contributed by atoms with Gasteiger partial charge in [0.15, 0.2) is 5.15 Å². The van der Waals surface area contributed by atoms with E-state index >= 15 is 0 Å². The molecule has 0 aromatic carbocycles. The number of alkyl halides is 3. The van der Waals surface area contributed by atoms with Crippen LogP contribution in [0.15, 0.2) is 6.07 Å². The van der Waals surface area contributed by atoms with Gasteiger partial charge in [0.05, 0.1) is 5.92 Å². The van der Waals surface area contributed by atoms with Gasteiger partial charge in [0.25, 0.3) is 0 Å². The Morgan fingerprint density at radius 3 is 2.60 bits per heavy atom. The molecule has 1 aliphatic rings. The van der Waals surface area contributed by atoms with Crippen LogP contribution in [0.4, 0.5) is 19.0 Å². The molecule has 82 valence electrons. The standard InChI is InChI=1S/C8H7ClF3N3/c9-6-2-4(7(13)15-14-6)3-1-5(3)8(10,11)12/h2-3,5H,1H2,(H2,13,15)/t3-,5+/m1/s1. The van der Waals surface area contributed by atoms with E-state index in [4.69, 9.17) is 17.3 Å². The predicted octanol–water partition coefficient (Wildman–Crippen LogP) is 2.38. The zero-order valence-corrected chi connectivity index (χ0v) is 8.18. The fourth-order valence-electron chi connectivity index (χ4n) is 1.59. The molecule has 3 nitrogen and oxygen atoms in total. The van der Waals surface area contributed by atoms with E-state index < -0.39 is 18.0 Å². The molecule has 2 rings (SSSR count). The summed E-state index contributed by atoms with van der Waals surface area (Å²) in [6.45, 7) is 0. The Bertz CT molecular complexity index is 393. The molecule has 7 heteroatoms. The molecular formula is C8H7ClF3N3. The van der Waals surface area contributed by atoms with Gasteiger partial charge in [0, 0.05) is 5.56 Å². The SMILES string of the molecule is Nc1nnc(Cl)cc1[C@H]1C[C@@H]1C(F)(F)F. The smallest absolute Gasteiger partial charge is 0.382 e. The van der Waals surface area contributed by atoms with Crippen molar-refractivity contribution in [3.05, 3.63) is 16.8 Å². The highest BCUT2D eigenvalue weighted by atomic mass is 35.5. The van der Waals surface area contributed by atoms with Gasteiger partial charge in [-0.3, -0.25) is 0 Å². The van der Waals surface area contributed by atoms with Crippen molar-refractivity contribution in [3.63, 3.8) is 0 Å². The molecule has 1 heterocycles. The van der Waals surface area contributed by atoms with Crippen molar-refractivity contribution >= 4 is 17.4 Å². The lowest BCUT2D eigenvalue weighted by molar-refractivity contribution is -0.148. The minimum absolute atomic E-state index is 0.0242. The molecule has 0 radical (unpaired) electrons. The third kappa shape index (κ3) is 1.99. The second-order valence-corrected chi connectivity index (χ2v) is 3.89. The molecule has 15 heavy (non-hydrogen) atoms. The second kappa shape index (κ2) is 3.23. The zero-order chi connectivity index (χ0) is 11.2. The molecule has 0 aliphatic heterocycles. The third-order valence-corrected chi connectivity index (χ3v) is 2.62. The average Bonchev–Trinajstić information content (AvgIpc) is 2.87. The van der Waals surface area contributed by atoms with Crippen LogP contribution in [0.5, 0.6) is 0 Å². The number of rotatable bonds is 1. The molecule has 1 aliphatic carbocycles. The first-order valence-corrected chi connectivity index (χ1v) is 4.62. The first kappa shape index (κ1) is 10.5. The van der Waals surface area contributed by atoms with Crippen molar-refractivity contribution in [1.29, 1.82) is 0 Å². The van der Waals surface area contributed by atoms with Crippen molar-refractivity contribution in [2.24, 2.45) is 5.92 Å². The summed E-state index contributed by atoms with van der Waals surface area (Å²) >= 11 is 5.54. The average molecular weight is 238 g/mol. The summed E-state index contributed by atoms with van der Waals surface area (Å²) in [5.74, 6) is -1.91. The molecule has 2 N–H and O–H groups in total. The van der Waals surface area contributed by atoms with E-state index in [2.05, 4.69) is 10.2 Å². The van der Waals surface area contributed by atoms with Gasteiger partial charge in [-0.25, -0.2) is 0 Å². The number of nitrogens with two attached hydrogens (primary N) is 1. The molecule has 0 amide bonds. The molecule has 1 aromatic heterocycles. The highest BCUT2D eigenvalue weighted by Gasteiger charge is 2.56. The maximum atomic E-state index is 12.3. The summed E-state index contributed by atoms with van der Waals surface area (Å²) in [6, 6.07) is 1.35. The fourth-order valence-corrected chi connectivity index (χ4v) is 1.74. The summed E-state index contributed by atoms with van der Waals surface area (Å²) in [5.41, 5.74) is 5.78. The monoisotopic (exact) mass is 237 g/mol.